The number of anilines is 1. The first-order valence-electron chi connectivity index (χ1n) is 17.4. The molecule has 1 fully saturated rings. The highest BCUT2D eigenvalue weighted by atomic mass is 16.6. The van der Waals surface area contributed by atoms with Gasteiger partial charge in [-0.25, -0.2) is 9.59 Å². The first-order valence-corrected chi connectivity index (χ1v) is 17.4. The summed E-state index contributed by atoms with van der Waals surface area (Å²) in [6, 6.07) is 33.6. The number of benzene rings is 4. The van der Waals surface area contributed by atoms with E-state index in [9.17, 15) is 14.4 Å². The number of amides is 3. The maximum Gasteiger partial charge on any atom is 0.407 e. The van der Waals surface area contributed by atoms with Gasteiger partial charge in [0.15, 0.2) is 0 Å². The molecule has 11 nitrogen and oxygen atoms in total. The molecule has 1 aliphatic heterocycles. The smallest absolute Gasteiger partial charge is 0.407 e. The molecule has 1 aliphatic rings. The van der Waals surface area contributed by atoms with Gasteiger partial charge in [0.1, 0.15) is 12.6 Å². The third kappa shape index (κ3) is 9.51. The minimum atomic E-state index is -0.965. The van der Waals surface area contributed by atoms with E-state index < -0.39 is 24.1 Å². The van der Waals surface area contributed by atoms with Crippen molar-refractivity contribution in [2.45, 2.75) is 43.5 Å². The van der Waals surface area contributed by atoms with E-state index in [4.69, 9.17) is 14.2 Å². The van der Waals surface area contributed by atoms with E-state index in [-0.39, 0.29) is 24.7 Å². The number of carbonyl (C=O) groups excluding carboxylic acids is 3. The first-order chi connectivity index (χ1) is 25.5. The van der Waals surface area contributed by atoms with Crippen molar-refractivity contribution in [2.75, 3.05) is 32.2 Å². The number of nitrogens with one attached hydrogen (secondary N) is 4. The van der Waals surface area contributed by atoms with Gasteiger partial charge < -0.3 is 35.5 Å². The van der Waals surface area contributed by atoms with Gasteiger partial charge in [-0.1, -0.05) is 97.1 Å². The summed E-state index contributed by atoms with van der Waals surface area (Å²) in [4.78, 5) is 43.2. The molecule has 1 saturated heterocycles. The number of nitrogens with zero attached hydrogens (tertiary/aromatic N) is 1. The average Bonchev–Trinajstić information content (AvgIpc) is 3.19. The van der Waals surface area contributed by atoms with E-state index in [0.717, 1.165) is 33.0 Å². The van der Waals surface area contributed by atoms with E-state index in [1.54, 1.807) is 12.4 Å². The third-order valence-corrected chi connectivity index (χ3v) is 9.18. The SMILES string of the molecule is COC(=O)N[C@H](C(=O)Nc1ccccc1CC[C@@H]1CN[C@H](COC(=O)NCc2cccc3ccncc23)CO1)C(c1ccccc1)c1ccccc1. The predicted octanol–water partition coefficient (Wildman–Crippen LogP) is 5.95. The molecular weight excluding hydrogens is 658 g/mol. The molecule has 3 amide bonds. The Labute approximate surface area is 303 Å². The molecule has 2 heterocycles. The number of aromatic nitrogens is 1. The zero-order valence-corrected chi connectivity index (χ0v) is 29.0. The Bertz CT molecular complexity index is 1890. The van der Waals surface area contributed by atoms with Gasteiger partial charge >= 0.3 is 12.2 Å². The lowest BCUT2D eigenvalue weighted by Crippen LogP contribution is -2.49. The Morgan fingerprint density at radius 1 is 0.865 bits per heavy atom. The average molecular weight is 702 g/mol. The van der Waals surface area contributed by atoms with Gasteiger partial charge in [-0.3, -0.25) is 9.78 Å². The van der Waals surface area contributed by atoms with Crippen LogP contribution >= 0.6 is 0 Å². The van der Waals surface area contributed by atoms with Crippen LogP contribution in [0.25, 0.3) is 10.8 Å². The Kier molecular flexibility index (Phi) is 12.4. The second-order valence-corrected chi connectivity index (χ2v) is 12.6. The van der Waals surface area contributed by atoms with E-state index in [2.05, 4.69) is 26.3 Å². The van der Waals surface area contributed by atoms with E-state index in [1.807, 2.05) is 109 Å². The van der Waals surface area contributed by atoms with Crippen LogP contribution < -0.4 is 21.3 Å². The molecule has 4 N–H and O–H groups in total. The van der Waals surface area contributed by atoms with Crippen LogP contribution in [0.3, 0.4) is 0 Å². The second kappa shape index (κ2) is 17.9. The summed E-state index contributed by atoms with van der Waals surface area (Å²) in [6.07, 6.45) is 3.63. The summed E-state index contributed by atoms with van der Waals surface area (Å²) >= 11 is 0. The summed E-state index contributed by atoms with van der Waals surface area (Å²) in [5.74, 6) is -0.840. The number of hydrogen-bond acceptors (Lipinski definition) is 8. The number of fused-ring (bicyclic) bond motifs is 1. The molecule has 0 unspecified atom stereocenters. The molecule has 6 rings (SSSR count). The lowest BCUT2D eigenvalue weighted by molar-refractivity contribution is -0.118. The molecular formula is C41H43N5O6. The minimum Gasteiger partial charge on any atom is -0.453 e. The van der Waals surface area contributed by atoms with Crippen molar-refractivity contribution in [3.05, 3.63) is 144 Å². The van der Waals surface area contributed by atoms with Crippen molar-refractivity contribution in [3.63, 3.8) is 0 Å². The molecule has 11 heteroatoms. The van der Waals surface area contributed by atoms with E-state index in [0.29, 0.717) is 38.2 Å². The Morgan fingerprint density at radius 2 is 1.58 bits per heavy atom. The highest BCUT2D eigenvalue weighted by Crippen LogP contribution is 2.30. The van der Waals surface area contributed by atoms with Crippen LogP contribution in [0.5, 0.6) is 0 Å². The topological polar surface area (TPSA) is 140 Å². The zero-order chi connectivity index (χ0) is 36.1. The van der Waals surface area contributed by atoms with Crippen molar-refractivity contribution in [3.8, 4) is 0 Å². The zero-order valence-electron chi connectivity index (χ0n) is 29.0. The quantitative estimate of drug-likeness (QED) is 0.118. The second-order valence-electron chi connectivity index (χ2n) is 12.6. The summed E-state index contributed by atoms with van der Waals surface area (Å²) in [5, 5.41) is 14.2. The van der Waals surface area contributed by atoms with Crippen LogP contribution in [-0.4, -0.2) is 68.1 Å². The number of carbonyl (C=O) groups is 3. The number of para-hydroxylation sites is 1. The van der Waals surface area contributed by atoms with Crippen molar-refractivity contribution in [2.24, 2.45) is 0 Å². The van der Waals surface area contributed by atoms with Crippen molar-refractivity contribution in [1.29, 1.82) is 0 Å². The van der Waals surface area contributed by atoms with Crippen molar-refractivity contribution >= 4 is 34.6 Å². The van der Waals surface area contributed by atoms with E-state index in [1.165, 1.54) is 7.11 Å². The van der Waals surface area contributed by atoms with Crippen LogP contribution in [0.1, 0.15) is 34.6 Å². The van der Waals surface area contributed by atoms with Crippen LogP contribution in [0, 0.1) is 0 Å². The number of alkyl carbamates (subject to hydrolysis) is 2. The molecule has 52 heavy (non-hydrogen) atoms. The van der Waals surface area contributed by atoms with Crippen LogP contribution in [0.4, 0.5) is 15.3 Å². The fraction of sp³-hybridized carbons (Fsp3) is 0.268. The maximum absolute atomic E-state index is 14.1. The fourth-order valence-electron chi connectivity index (χ4n) is 6.46. The number of methoxy groups -OCH3 is 1. The highest BCUT2D eigenvalue weighted by molar-refractivity contribution is 5.98. The largest absolute Gasteiger partial charge is 0.453 e. The number of pyridine rings is 1. The number of aryl methyl sites for hydroxylation is 1. The van der Waals surface area contributed by atoms with Gasteiger partial charge in [0.25, 0.3) is 0 Å². The monoisotopic (exact) mass is 701 g/mol. The number of hydrogen-bond donors (Lipinski definition) is 4. The lowest BCUT2D eigenvalue weighted by Gasteiger charge is -2.30. The number of morpholine rings is 1. The normalized spacial score (nSPS) is 16.1. The van der Waals surface area contributed by atoms with Crippen molar-refractivity contribution in [1.82, 2.24) is 20.9 Å². The van der Waals surface area contributed by atoms with Gasteiger partial charge in [0.05, 0.1) is 25.9 Å². The molecule has 0 aliphatic carbocycles. The van der Waals surface area contributed by atoms with Crippen LogP contribution in [0.2, 0.25) is 0 Å². The van der Waals surface area contributed by atoms with Gasteiger partial charge in [0.2, 0.25) is 5.91 Å². The number of rotatable bonds is 13. The Hall–Kier alpha value is -5.78. The van der Waals surface area contributed by atoms with E-state index >= 15 is 0 Å². The molecule has 1 aromatic heterocycles. The minimum absolute atomic E-state index is 0.0666. The molecule has 5 aromatic rings. The molecule has 268 valence electrons. The Morgan fingerprint density at radius 3 is 2.29 bits per heavy atom. The first kappa shape index (κ1) is 36.0. The van der Waals surface area contributed by atoms with Gasteiger partial charge in [-0.15, -0.1) is 0 Å². The fourth-order valence-corrected chi connectivity index (χ4v) is 6.46. The molecule has 0 radical (unpaired) electrons. The molecule has 0 saturated carbocycles. The van der Waals surface area contributed by atoms with Gasteiger partial charge in [-0.2, -0.15) is 0 Å². The Balaban J connectivity index is 1.01. The summed E-state index contributed by atoms with van der Waals surface area (Å²) < 4.78 is 16.5. The molecule has 3 atom stereocenters. The van der Waals surface area contributed by atoms with Gasteiger partial charge in [-0.05, 0) is 52.6 Å². The standard InChI is InChI=1S/C41H43N5O6/c1-50-41(49)46-38(37(30-12-4-2-5-13-30)31-14-6-3-7-15-31)39(47)45-36-18-9-8-11-29(36)19-20-34-24-43-33(26-51-34)27-52-40(48)44-23-32-17-10-16-28-21-22-42-25-35(28)32/h2-18,21-22,25,33-34,37-38,43H,19-20,23-24,26-27H2,1H3,(H,44,48)(H,45,47)(H,46,49)/t33-,34+,38-/m0/s1. The summed E-state index contributed by atoms with van der Waals surface area (Å²) in [7, 11) is 1.28. The van der Waals surface area contributed by atoms with Crippen LogP contribution in [-0.2, 0) is 32.0 Å². The lowest BCUT2D eigenvalue weighted by atomic mass is 9.84. The predicted molar refractivity (Wildman–Crippen MR) is 199 cm³/mol. The van der Waals surface area contributed by atoms with Gasteiger partial charge in [0, 0.05) is 42.5 Å². The maximum atomic E-state index is 14.1. The summed E-state index contributed by atoms with van der Waals surface area (Å²) in [6.45, 7) is 1.50. The molecule has 0 bridgehead atoms. The van der Waals surface area contributed by atoms with Crippen LogP contribution in [0.15, 0.2) is 122 Å². The molecule has 4 aromatic carbocycles. The highest BCUT2D eigenvalue weighted by Gasteiger charge is 2.33. The van der Waals surface area contributed by atoms with Crippen molar-refractivity contribution < 1.29 is 28.6 Å². The number of ether oxygens (including phenoxy) is 3. The summed E-state index contributed by atoms with van der Waals surface area (Å²) in [5.41, 5.74) is 4.32. The third-order valence-electron chi connectivity index (χ3n) is 9.18. The molecule has 0 spiro atoms.